The van der Waals surface area contributed by atoms with E-state index in [2.05, 4.69) is 20.9 Å². The molecule has 0 aliphatic rings. The molecule has 1 aromatic heterocycles. The molecule has 1 unspecified atom stereocenters. The topological polar surface area (TPSA) is 57.4 Å². The smallest absolute Gasteiger partial charge is 0.160 e. The Labute approximate surface area is 133 Å². The van der Waals surface area contributed by atoms with Crippen molar-refractivity contribution in [2.75, 3.05) is 14.2 Å². The van der Waals surface area contributed by atoms with Crippen LogP contribution in [0.4, 0.5) is 0 Å². The summed E-state index contributed by atoms with van der Waals surface area (Å²) in [5.74, 6) is 1.45. The van der Waals surface area contributed by atoms with Crippen molar-refractivity contribution in [2.24, 2.45) is 5.73 Å². The maximum absolute atomic E-state index is 6.21. The van der Waals surface area contributed by atoms with E-state index in [1.165, 1.54) is 0 Å². The van der Waals surface area contributed by atoms with Gasteiger partial charge >= 0.3 is 0 Å². The summed E-state index contributed by atoms with van der Waals surface area (Å²) in [6, 6.07) is 9.85. The van der Waals surface area contributed by atoms with Gasteiger partial charge in [-0.1, -0.05) is 6.07 Å². The Hall–Kier alpha value is -1.59. The number of halogens is 1. The summed E-state index contributed by atoms with van der Waals surface area (Å²) in [5, 5.41) is 0. The van der Waals surface area contributed by atoms with Crippen molar-refractivity contribution in [2.45, 2.75) is 18.9 Å². The molecule has 2 rings (SSSR count). The molecule has 0 aliphatic carbocycles. The molecular formula is C16H19BrN2O2. The fourth-order valence-electron chi connectivity index (χ4n) is 2.18. The van der Waals surface area contributed by atoms with Gasteiger partial charge in [0.1, 0.15) is 0 Å². The van der Waals surface area contributed by atoms with Crippen LogP contribution in [-0.4, -0.2) is 25.2 Å². The van der Waals surface area contributed by atoms with E-state index in [4.69, 9.17) is 15.2 Å². The molecule has 1 aromatic carbocycles. The van der Waals surface area contributed by atoms with Crippen molar-refractivity contribution in [1.82, 2.24) is 4.98 Å². The molecule has 0 saturated heterocycles. The Morgan fingerprint density at radius 1 is 1.10 bits per heavy atom. The van der Waals surface area contributed by atoms with Crippen molar-refractivity contribution in [3.8, 4) is 11.5 Å². The third-order valence-corrected chi connectivity index (χ3v) is 3.67. The van der Waals surface area contributed by atoms with E-state index in [9.17, 15) is 0 Å². The van der Waals surface area contributed by atoms with Crippen LogP contribution in [0.2, 0.25) is 0 Å². The third kappa shape index (κ3) is 4.44. The fourth-order valence-corrected chi connectivity index (χ4v) is 2.41. The van der Waals surface area contributed by atoms with Gasteiger partial charge in [-0.05, 0) is 52.2 Å². The number of benzene rings is 1. The van der Waals surface area contributed by atoms with Gasteiger partial charge in [0.25, 0.3) is 0 Å². The first-order valence-electron chi connectivity index (χ1n) is 6.69. The molecule has 2 aromatic rings. The Kier molecular flexibility index (Phi) is 5.59. The molecule has 21 heavy (non-hydrogen) atoms. The standard InChI is InChI=1S/C16H19BrN2O2/c1-20-15-6-3-11(8-16(15)21-2)7-13(18)9-14-5-4-12(17)10-19-14/h3-6,8,10,13H,7,9,18H2,1-2H3. The predicted molar refractivity (Wildman–Crippen MR) is 86.9 cm³/mol. The summed E-state index contributed by atoms with van der Waals surface area (Å²) in [7, 11) is 3.26. The van der Waals surface area contributed by atoms with Gasteiger partial charge in [0, 0.05) is 28.8 Å². The van der Waals surface area contributed by atoms with Crippen molar-refractivity contribution < 1.29 is 9.47 Å². The van der Waals surface area contributed by atoms with Crippen LogP contribution >= 0.6 is 15.9 Å². The quantitative estimate of drug-likeness (QED) is 0.869. The minimum atomic E-state index is 0.0109. The van der Waals surface area contributed by atoms with E-state index in [-0.39, 0.29) is 6.04 Å². The summed E-state index contributed by atoms with van der Waals surface area (Å²) in [6.45, 7) is 0. The lowest BCUT2D eigenvalue weighted by atomic mass is 10.0. The highest BCUT2D eigenvalue weighted by atomic mass is 79.9. The Balaban J connectivity index is 2.02. The highest BCUT2D eigenvalue weighted by Crippen LogP contribution is 2.28. The summed E-state index contributed by atoms with van der Waals surface area (Å²) in [6.07, 6.45) is 3.29. The first-order valence-corrected chi connectivity index (χ1v) is 7.48. The zero-order chi connectivity index (χ0) is 15.2. The molecule has 0 fully saturated rings. The maximum atomic E-state index is 6.21. The molecular weight excluding hydrogens is 332 g/mol. The highest BCUT2D eigenvalue weighted by molar-refractivity contribution is 9.10. The van der Waals surface area contributed by atoms with Crippen LogP contribution in [0.1, 0.15) is 11.3 Å². The SMILES string of the molecule is COc1ccc(CC(N)Cc2ccc(Br)cn2)cc1OC. The summed E-state index contributed by atoms with van der Waals surface area (Å²) in [5.41, 5.74) is 8.33. The third-order valence-electron chi connectivity index (χ3n) is 3.21. The number of rotatable bonds is 6. The number of hydrogen-bond donors (Lipinski definition) is 1. The van der Waals surface area contributed by atoms with Crippen LogP contribution in [-0.2, 0) is 12.8 Å². The number of aromatic nitrogens is 1. The Morgan fingerprint density at radius 2 is 1.86 bits per heavy atom. The van der Waals surface area contributed by atoms with E-state index in [0.717, 1.165) is 40.1 Å². The van der Waals surface area contributed by atoms with Crippen LogP contribution < -0.4 is 15.2 Å². The number of hydrogen-bond acceptors (Lipinski definition) is 4. The molecule has 1 atom stereocenters. The molecule has 2 N–H and O–H groups in total. The first kappa shape index (κ1) is 15.8. The van der Waals surface area contributed by atoms with Gasteiger partial charge in [-0.2, -0.15) is 0 Å². The Bertz CT molecular complexity index is 587. The van der Waals surface area contributed by atoms with Crippen LogP contribution in [0.3, 0.4) is 0 Å². The second-order valence-corrected chi connectivity index (χ2v) is 5.74. The van der Waals surface area contributed by atoms with Crippen LogP contribution in [0.15, 0.2) is 41.0 Å². The van der Waals surface area contributed by atoms with Crippen LogP contribution in [0.5, 0.6) is 11.5 Å². The van der Waals surface area contributed by atoms with Crippen molar-refractivity contribution in [1.29, 1.82) is 0 Å². The monoisotopic (exact) mass is 350 g/mol. The molecule has 0 saturated carbocycles. The number of ether oxygens (including phenoxy) is 2. The van der Waals surface area contributed by atoms with Gasteiger partial charge in [0.2, 0.25) is 0 Å². The molecule has 112 valence electrons. The molecule has 4 nitrogen and oxygen atoms in total. The van der Waals surface area contributed by atoms with Gasteiger partial charge < -0.3 is 15.2 Å². The molecule has 0 radical (unpaired) electrons. The van der Waals surface area contributed by atoms with Crippen molar-refractivity contribution in [3.05, 3.63) is 52.3 Å². The van der Waals surface area contributed by atoms with Gasteiger partial charge in [-0.15, -0.1) is 0 Å². The van der Waals surface area contributed by atoms with E-state index >= 15 is 0 Å². The summed E-state index contributed by atoms with van der Waals surface area (Å²) < 4.78 is 11.5. The second kappa shape index (κ2) is 7.43. The van der Waals surface area contributed by atoms with Gasteiger partial charge in [-0.3, -0.25) is 4.98 Å². The number of nitrogens with two attached hydrogens (primary N) is 1. The minimum absolute atomic E-state index is 0.0109. The second-order valence-electron chi connectivity index (χ2n) is 4.83. The molecule has 1 heterocycles. The normalized spacial score (nSPS) is 12.0. The van der Waals surface area contributed by atoms with Crippen LogP contribution in [0.25, 0.3) is 0 Å². The van der Waals surface area contributed by atoms with E-state index in [1.54, 1.807) is 20.4 Å². The highest BCUT2D eigenvalue weighted by Gasteiger charge is 2.10. The molecule has 0 spiro atoms. The molecule has 0 amide bonds. The number of pyridine rings is 1. The van der Waals surface area contributed by atoms with E-state index in [1.807, 2.05) is 30.3 Å². The largest absolute Gasteiger partial charge is 0.493 e. The van der Waals surface area contributed by atoms with Crippen molar-refractivity contribution >= 4 is 15.9 Å². The van der Waals surface area contributed by atoms with Crippen LogP contribution in [0, 0.1) is 0 Å². The first-order chi connectivity index (χ1) is 10.1. The lowest BCUT2D eigenvalue weighted by molar-refractivity contribution is 0.354. The summed E-state index contributed by atoms with van der Waals surface area (Å²) in [4.78, 5) is 4.35. The average molecular weight is 351 g/mol. The lowest BCUT2D eigenvalue weighted by Crippen LogP contribution is -2.26. The van der Waals surface area contributed by atoms with E-state index < -0.39 is 0 Å². The lowest BCUT2D eigenvalue weighted by Gasteiger charge is -2.13. The zero-order valence-electron chi connectivity index (χ0n) is 12.2. The number of nitrogens with zero attached hydrogens (tertiary/aromatic N) is 1. The molecule has 0 aliphatic heterocycles. The fraction of sp³-hybridized carbons (Fsp3) is 0.312. The average Bonchev–Trinajstić information content (AvgIpc) is 2.49. The van der Waals surface area contributed by atoms with Gasteiger partial charge in [-0.25, -0.2) is 0 Å². The Morgan fingerprint density at radius 3 is 2.48 bits per heavy atom. The van der Waals surface area contributed by atoms with Gasteiger partial charge in [0.05, 0.1) is 14.2 Å². The molecule has 0 bridgehead atoms. The molecule has 5 heteroatoms. The predicted octanol–water partition coefficient (Wildman–Crippen LogP) is 2.97. The van der Waals surface area contributed by atoms with E-state index in [0.29, 0.717) is 0 Å². The minimum Gasteiger partial charge on any atom is -0.493 e. The van der Waals surface area contributed by atoms with Crippen molar-refractivity contribution in [3.63, 3.8) is 0 Å². The summed E-state index contributed by atoms with van der Waals surface area (Å²) >= 11 is 3.38. The zero-order valence-corrected chi connectivity index (χ0v) is 13.8. The maximum Gasteiger partial charge on any atom is 0.160 e. The number of methoxy groups -OCH3 is 2. The van der Waals surface area contributed by atoms with Gasteiger partial charge in [0.15, 0.2) is 11.5 Å².